The highest BCUT2D eigenvalue weighted by molar-refractivity contribution is 5.96. The monoisotopic (exact) mass is 274 g/mol. The van der Waals surface area contributed by atoms with Crippen LogP contribution in [-0.4, -0.2) is 12.6 Å². The van der Waals surface area contributed by atoms with Gasteiger partial charge in [0.05, 0.1) is 5.56 Å². The predicted molar refractivity (Wildman–Crippen MR) is 69.0 cm³/mol. The molecule has 2 aromatic carbocycles. The van der Waals surface area contributed by atoms with Gasteiger partial charge in [0.15, 0.2) is 28.8 Å². The zero-order chi connectivity index (χ0) is 14.1. The summed E-state index contributed by atoms with van der Waals surface area (Å²) in [6.07, 6.45) is 0. The summed E-state index contributed by atoms with van der Waals surface area (Å²) in [6.45, 7) is 1.51. The van der Waals surface area contributed by atoms with Gasteiger partial charge in [0.25, 0.3) is 0 Å². The van der Waals surface area contributed by atoms with Crippen LogP contribution in [0.25, 0.3) is 0 Å². The third-order valence-electron chi connectivity index (χ3n) is 2.91. The third kappa shape index (κ3) is 2.18. The first kappa shape index (κ1) is 12.5. The van der Waals surface area contributed by atoms with E-state index in [0.29, 0.717) is 17.2 Å². The number of hydrogen-bond donors (Lipinski definition) is 0. The molecule has 0 unspecified atom stereocenters. The normalized spacial score (nSPS) is 12.3. The van der Waals surface area contributed by atoms with Crippen LogP contribution in [0.1, 0.15) is 17.3 Å². The molecule has 0 bridgehead atoms. The SMILES string of the molecule is CC(=O)c1cccc(F)c1Oc1ccc2c(c1)OCO2. The van der Waals surface area contributed by atoms with E-state index >= 15 is 0 Å². The van der Waals surface area contributed by atoms with Crippen molar-refractivity contribution in [2.45, 2.75) is 6.92 Å². The van der Waals surface area contributed by atoms with E-state index in [4.69, 9.17) is 14.2 Å². The van der Waals surface area contributed by atoms with E-state index < -0.39 is 5.82 Å². The molecule has 0 radical (unpaired) electrons. The van der Waals surface area contributed by atoms with Crippen LogP contribution in [-0.2, 0) is 0 Å². The number of halogens is 1. The molecule has 0 amide bonds. The van der Waals surface area contributed by atoms with Crippen LogP contribution in [0.2, 0.25) is 0 Å². The number of Topliss-reactive ketones (excluding diaryl/α,β-unsaturated/α-hetero) is 1. The number of fused-ring (bicyclic) bond motifs is 1. The van der Waals surface area contributed by atoms with Crippen molar-refractivity contribution in [1.29, 1.82) is 0 Å². The van der Waals surface area contributed by atoms with Gasteiger partial charge in [-0.15, -0.1) is 0 Å². The Balaban J connectivity index is 1.97. The van der Waals surface area contributed by atoms with Crippen molar-refractivity contribution in [2.75, 3.05) is 6.79 Å². The number of ether oxygens (including phenoxy) is 3. The van der Waals surface area contributed by atoms with Gasteiger partial charge < -0.3 is 14.2 Å². The van der Waals surface area contributed by atoms with Crippen LogP contribution in [0.15, 0.2) is 36.4 Å². The predicted octanol–water partition coefficient (Wildman–Crippen LogP) is 3.55. The minimum Gasteiger partial charge on any atom is -0.454 e. The van der Waals surface area contributed by atoms with Crippen LogP contribution >= 0.6 is 0 Å². The van der Waals surface area contributed by atoms with Gasteiger partial charge in [0.1, 0.15) is 5.75 Å². The van der Waals surface area contributed by atoms with Crippen LogP contribution in [0, 0.1) is 5.82 Å². The molecular formula is C15H11FO4. The highest BCUT2D eigenvalue weighted by Gasteiger charge is 2.17. The Labute approximate surface area is 114 Å². The van der Waals surface area contributed by atoms with Crippen LogP contribution in [0.5, 0.6) is 23.0 Å². The highest BCUT2D eigenvalue weighted by atomic mass is 19.1. The molecule has 0 aromatic heterocycles. The van der Waals surface area contributed by atoms with Gasteiger partial charge in [0, 0.05) is 6.07 Å². The average molecular weight is 274 g/mol. The smallest absolute Gasteiger partial charge is 0.231 e. The fraction of sp³-hybridized carbons (Fsp3) is 0.133. The first-order valence-corrected chi connectivity index (χ1v) is 6.02. The molecule has 2 aromatic rings. The summed E-state index contributed by atoms with van der Waals surface area (Å²) in [6, 6.07) is 9.13. The van der Waals surface area contributed by atoms with Crippen molar-refractivity contribution in [3.63, 3.8) is 0 Å². The van der Waals surface area contributed by atoms with E-state index in [1.54, 1.807) is 18.2 Å². The molecule has 0 saturated heterocycles. The molecule has 4 nitrogen and oxygen atoms in total. The molecule has 0 N–H and O–H groups in total. The van der Waals surface area contributed by atoms with E-state index in [-0.39, 0.29) is 23.9 Å². The maximum Gasteiger partial charge on any atom is 0.231 e. The van der Waals surface area contributed by atoms with Crippen molar-refractivity contribution >= 4 is 5.78 Å². The maximum atomic E-state index is 13.8. The van der Waals surface area contributed by atoms with Crippen LogP contribution < -0.4 is 14.2 Å². The zero-order valence-electron chi connectivity index (χ0n) is 10.7. The van der Waals surface area contributed by atoms with Crippen molar-refractivity contribution in [3.8, 4) is 23.0 Å². The Morgan fingerprint density at radius 2 is 2.00 bits per heavy atom. The summed E-state index contributed by atoms with van der Waals surface area (Å²) in [4.78, 5) is 11.5. The first-order chi connectivity index (χ1) is 9.65. The lowest BCUT2D eigenvalue weighted by Gasteiger charge is -2.10. The third-order valence-corrected chi connectivity index (χ3v) is 2.91. The first-order valence-electron chi connectivity index (χ1n) is 6.02. The second-order valence-electron chi connectivity index (χ2n) is 4.29. The lowest BCUT2D eigenvalue weighted by atomic mass is 10.1. The van der Waals surface area contributed by atoms with Crippen LogP contribution in [0.3, 0.4) is 0 Å². The van der Waals surface area contributed by atoms with Crippen molar-refractivity contribution < 1.29 is 23.4 Å². The number of rotatable bonds is 3. The second kappa shape index (κ2) is 4.85. The summed E-state index contributed by atoms with van der Waals surface area (Å²) in [7, 11) is 0. The fourth-order valence-electron chi connectivity index (χ4n) is 1.95. The van der Waals surface area contributed by atoms with Gasteiger partial charge in [-0.3, -0.25) is 4.79 Å². The summed E-state index contributed by atoms with van der Waals surface area (Å²) < 4.78 is 29.7. The number of ketones is 1. The summed E-state index contributed by atoms with van der Waals surface area (Å²) in [5, 5.41) is 0. The second-order valence-corrected chi connectivity index (χ2v) is 4.29. The average Bonchev–Trinajstić information content (AvgIpc) is 2.88. The van der Waals surface area contributed by atoms with Gasteiger partial charge in [-0.2, -0.15) is 0 Å². The standard InChI is InChI=1S/C15H11FO4/c1-9(17)11-3-2-4-12(16)15(11)20-10-5-6-13-14(7-10)19-8-18-13/h2-7H,8H2,1H3. The molecule has 0 atom stereocenters. The molecule has 3 rings (SSSR count). The quantitative estimate of drug-likeness (QED) is 0.803. The minimum absolute atomic E-state index is 0.0844. The molecule has 102 valence electrons. The highest BCUT2D eigenvalue weighted by Crippen LogP contribution is 2.37. The Morgan fingerprint density at radius 1 is 1.20 bits per heavy atom. The molecule has 0 spiro atoms. The molecule has 1 aliphatic rings. The molecule has 0 fully saturated rings. The number of carbonyl (C=O) groups excluding carboxylic acids is 1. The summed E-state index contributed by atoms with van der Waals surface area (Å²) >= 11 is 0. The number of benzene rings is 2. The van der Waals surface area contributed by atoms with E-state index in [9.17, 15) is 9.18 Å². The van der Waals surface area contributed by atoms with Gasteiger partial charge in [-0.05, 0) is 31.2 Å². The largest absolute Gasteiger partial charge is 0.454 e. The molecule has 5 heteroatoms. The molecule has 0 saturated carbocycles. The molecule has 1 aliphatic heterocycles. The molecule has 1 heterocycles. The van der Waals surface area contributed by atoms with E-state index in [2.05, 4.69) is 0 Å². The molecular weight excluding hydrogens is 263 g/mol. The lowest BCUT2D eigenvalue weighted by Crippen LogP contribution is -1.99. The van der Waals surface area contributed by atoms with Crippen molar-refractivity contribution in [2.24, 2.45) is 0 Å². The van der Waals surface area contributed by atoms with E-state index in [1.807, 2.05) is 0 Å². The molecule has 0 aliphatic carbocycles. The topological polar surface area (TPSA) is 44.8 Å². The van der Waals surface area contributed by atoms with Gasteiger partial charge in [-0.1, -0.05) is 6.07 Å². The summed E-state index contributed by atoms with van der Waals surface area (Å²) in [5.41, 5.74) is 0.197. The van der Waals surface area contributed by atoms with E-state index in [1.165, 1.54) is 25.1 Å². The number of hydrogen-bond acceptors (Lipinski definition) is 4. The van der Waals surface area contributed by atoms with Gasteiger partial charge >= 0.3 is 0 Å². The van der Waals surface area contributed by atoms with Crippen LogP contribution in [0.4, 0.5) is 4.39 Å². The Hall–Kier alpha value is -2.56. The fourth-order valence-corrected chi connectivity index (χ4v) is 1.95. The lowest BCUT2D eigenvalue weighted by molar-refractivity contribution is 0.101. The zero-order valence-corrected chi connectivity index (χ0v) is 10.7. The van der Waals surface area contributed by atoms with Crippen molar-refractivity contribution in [3.05, 3.63) is 47.8 Å². The van der Waals surface area contributed by atoms with E-state index in [0.717, 1.165) is 0 Å². The van der Waals surface area contributed by atoms with Gasteiger partial charge in [0.2, 0.25) is 6.79 Å². The molecule has 20 heavy (non-hydrogen) atoms. The summed E-state index contributed by atoms with van der Waals surface area (Å²) in [5.74, 6) is 0.581. The Bertz CT molecular complexity index is 682. The van der Waals surface area contributed by atoms with Gasteiger partial charge in [-0.25, -0.2) is 4.39 Å². The number of carbonyl (C=O) groups is 1. The number of para-hydroxylation sites is 1. The van der Waals surface area contributed by atoms with Crippen molar-refractivity contribution in [1.82, 2.24) is 0 Å². The Kier molecular flexibility index (Phi) is 3.02. The Morgan fingerprint density at radius 3 is 2.80 bits per heavy atom. The minimum atomic E-state index is -0.588. The maximum absolute atomic E-state index is 13.8.